The minimum absolute atomic E-state index is 0.0537. The number of carbonyl (C=O) groups excluding carboxylic acids is 2. The number of benzene rings is 2. The van der Waals surface area contributed by atoms with E-state index in [4.69, 9.17) is 11.6 Å². The van der Waals surface area contributed by atoms with Gasteiger partial charge in [0.1, 0.15) is 0 Å². The number of nitrogens with one attached hydrogen (secondary N) is 1. The Morgan fingerprint density at radius 1 is 1.08 bits per heavy atom. The van der Waals surface area contributed by atoms with E-state index in [0.29, 0.717) is 23.7 Å². The van der Waals surface area contributed by atoms with Crippen molar-refractivity contribution in [2.45, 2.75) is 27.7 Å². The summed E-state index contributed by atoms with van der Waals surface area (Å²) >= 11 is 6.04. The van der Waals surface area contributed by atoms with E-state index in [1.807, 2.05) is 20.8 Å². The van der Waals surface area contributed by atoms with Crippen LogP contribution in [0, 0.1) is 20.8 Å². The van der Waals surface area contributed by atoms with Crippen LogP contribution in [0.1, 0.15) is 34.0 Å². The first kappa shape index (κ1) is 19.0. The maximum Gasteiger partial charge on any atom is 0.252 e. The fourth-order valence-electron chi connectivity index (χ4n) is 3.05. The SMILES string of the molecule is CC(=O)N(CCNC(=O)c1ccccc1Cl)c1c(C)cc(C)cc1C. The van der Waals surface area contributed by atoms with Crippen molar-refractivity contribution in [1.29, 1.82) is 0 Å². The maximum atomic E-state index is 12.2. The van der Waals surface area contributed by atoms with Gasteiger partial charge in [-0.2, -0.15) is 0 Å². The van der Waals surface area contributed by atoms with Gasteiger partial charge < -0.3 is 10.2 Å². The summed E-state index contributed by atoms with van der Waals surface area (Å²) in [6, 6.07) is 11.0. The van der Waals surface area contributed by atoms with E-state index < -0.39 is 0 Å². The topological polar surface area (TPSA) is 49.4 Å². The summed E-state index contributed by atoms with van der Waals surface area (Å²) in [7, 11) is 0. The summed E-state index contributed by atoms with van der Waals surface area (Å²) in [6.45, 7) is 8.30. The van der Waals surface area contributed by atoms with E-state index in [-0.39, 0.29) is 11.8 Å². The third-order valence-electron chi connectivity index (χ3n) is 4.02. The van der Waals surface area contributed by atoms with Gasteiger partial charge in [-0.05, 0) is 44.0 Å². The van der Waals surface area contributed by atoms with Crippen LogP contribution in [0.2, 0.25) is 5.02 Å². The minimum atomic E-state index is -0.244. The van der Waals surface area contributed by atoms with Crippen molar-refractivity contribution in [3.8, 4) is 0 Å². The summed E-state index contributed by atoms with van der Waals surface area (Å²) in [5, 5.41) is 3.24. The normalized spacial score (nSPS) is 10.4. The molecule has 0 spiro atoms. The van der Waals surface area contributed by atoms with Crippen molar-refractivity contribution in [3.63, 3.8) is 0 Å². The van der Waals surface area contributed by atoms with Crippen molar-refractivity contribution >= 4 is 29.1 Å². The molecule has 2 amide bonds. The molecule has 0 aromatic heterocycles. The van der Waals surface area contributed by atoms with Crippen molar-refractivity contribution < 1.29 is 9.59 Å². The Morgan fingerprint density at radius 3 is 2.24 bits per heavy atom. The van der Waals surface area contributed by atoms with E-state index in [9.17, 15) is 9.59 Å². The van der Waals surface area contributed by atoms with Crippen LogP contribution in [0.4, 0.5) is 5.69 Å². The molecule has 0 saturated heterocycles. The summed E-state index contributed by atoms with van der Waals surface area (Å²) in [5.41, 5.74) is 4.59. The minimum Gasteiger partial charge on any atom is -0.350 e. The van der Waals surface area contributed by atoms with Gasteiger partial charge in [-0.1, -0.05) is 41.4 Å². The molecule has 0 fully saturated rings. The number of hydrogen-bond acceptors (Lipinski definition) is 2. The van der Waals surface area contributed by atoms with Crippen LogP contribution in [0.15, 0.2) is 36.4 Å². The highest BCUT2D eigenvalue weighted by atomic mass is 35.5. The molecule has 0 saturated carbocycles. The maximum absolute atomic E-state index is 12.2. The first-order chi connectivity index (χ1) is 11.8. The Balaban J connectivity index is 2.10. The van der Waals surface area contributed by atoms with Crippen LogP contribution < -0.4 is 10.2 Å². The van der Waals surface area contributed by atoms with Gasteiger partial charge in [-0.25, -0.2) is 0 Å². The van der Waals surface area contributed by atoms with Crippen molar-refractivity contribution in [2.75, 3.05) is 18.0 Å². The molecule has 25 heavy (non-hydrogen) atoms. The van der Waals surface area contributed by atoms with E-state index in [0.717, 1.165) is 22.4 Å². The molecule has 0 aliphatic rings. The molecule has 4 nitrogen and oxygen atoms in total. The van der Waals surface area contributed by atoms with Crippen LogP contribution in [0.3, 0.4) is 0 Å². The molecule has 0 aliphatic carbocycles. The molecule has 2 rings (SSSR count). The second-order valence-electron chi connectivity index (χ2n) is 6.15. The molecule has 5 heteroatoms. The van der Waals surface area contributed by atoms with Crippen molar-refractivity contribution in [2.24, 2.45) is 0 Å². The average molecular weight is 359 g/mol. The Labute approximate surface area is 153 Å². The molecule has 0 bridgehead atoms. The fraction of sp³-hybridized carbons (Fsp3) is 0.300. The number of anilines is 1. The summed E-state index contributed by atoms with van der Waals surface area (Å²) < 4.78 is 0. The predicted octanol–water partition coefficient (Wildman–Crippen LogP) is 4.05. The largest absolute Gasteiger partial charge is 0.350 e. The number of amides is 2. The standard InChI is InChI=1S/C20H23ClN2O2/c1-13-11-14(2)19(15(3)12-13)23(16(4)24)10-9-22-20(25)17-7-5-6-8-18(17)21/h5-8,11-12H,9-10H2,1-4H3,(H,22,25). The zero-order valence-electron chi connectivity index (χ0n) is 15.0. The van der Waals surface area contributed by atoms with Crippen LogP contribution in [0.25, 0.3) is 0 Å². The lowest BCUT2D eigenvalue weighted by Crippen LogP contribution is -2.38. The van der Waals surface area contributed by atoms with Gasteiger partial charge in [0.15, 0.2) is 0 Å². The molecule has 2 aromatic carbocycles. The quantitative estimate of drug-likeness (QED) is 0.876. The number of nitrogens with zero attached hydrogens (tertiary/aromatic N) is 1. The highest BCUT2D eigenvalue weighted by Crippen LogP contribution is 2.26. The zero-order chi connectivity index (χ0) is 18.6. The lowest BCUT2D eigenvalue weighted by molar-refractivity contribution is -0.116. The number of carbonyl (C=O) groups is 2. The van der Waals surface area contributed by atoms with E-state index in [1.165, 1.54) is 6.92 Å². The lowest BCUT2D eigenvalue weighted by Gasteiger charge is -2.25. The first-order valence-electron chi connectivity index (χ1n) is 8.20. The first-order valence-corrected chi connectivity index (χ1v) is 8.57. The van der Waals surface area contributed by atoms with E-state index in [2.05, 4.69) is 17.4 Å². The Morgan fingerprint density at radius 2 is 1.68 bits per heavy atom. The van der Waals surface area contributed by atoms with Gasteiger partial charge >= 0.3 is 0 Å². The van der Waals surface area contributed by atoms with Crippen LogP contribution in [0.5, 0.6) is 0 Å². The molecule has 2 aromatic rings. The molecule has 0 unspecified atom stereocenters. The third-order valence-corrected chi connectivity index (χ3v) is 4.35. The van der Waals surface area contributed by atoms with Gasteiger partial charge in [0.05, 0.1) is 10.6 Å². The molecule has 0 atom stereocenters. The van der Waals surface area contributed by atoms with Gasteiger partial charge in [-0.15, -0.1) is 0 Å². The number of aryl methyl sites for hydroxylation is 3. The van der Waals surface area contributed by atoms with Crippen molar-refractivity contribution in [1.82, 2.24) is 5.32 Å². The van der Waals surface area contributed by atoms with Gasteiger partial charge in [-0.3, -0.25) is 9.59 Å². The Kier molecular flexibility index (Phi) is 6.21. The smallest absolute Gasteiger partial charge is 0.252 e. The number of rotatable bonds is 5. The van der Waals surface area contributed by atoms with Gasteiger partial charge in [0.2, 0.25) is 5.91 Å². The molecule has 0 heterocycles. The summed E-state index contributed by atoms with van der Waals surface area (Å²) in [4.78, 5) is 26.1. The monoisotopic (exact) mass is 358 g/mol. The molecule has 132 valence electrons. The average Bonchev–Trinajstić information content (AvgIpc) is 2.52. The summed E-state index contributed by atoms with van der Waals surface area (Å²) in [6.07, 6.45) is 0. The molecular weight excluding hydrogens is 336 g/mol. The summed E-state index contributed by atoms with van der Waals surface area (Å²) in [5.74, 6) is -0.298. The van der Waals surface area contributed by atoms with Gasteiger partial charge in [0, 0.05) is 25.7 Å². The van der Waals surface area contributed by atoms with Gasteiger partial charge in [0.25, 0.3) is 5.91 Å². The Hall–Kier alpha value is -2.33. The number of hydrogen-bond donors (Lipinski definition) is 1. The van der Waals surface area contributed by atoms with Crippen LogP contribution in [-0.4, -0.2) is 24.9 Å². The molecule has 0 aliphatic heterocycles. The van der Waals surface area contributed by atoms with E-state index >= 15 is 0 Å². The highest BCUT2D eigenvalue weighted by Gasteiger charge is 2.17. The molecule has 0 radical (unpaired) electrons. The zero-order valence-corrected chi connectivity index (χ0v) is 15.8. The van der Waals surface area contributed by atoms with Crippen LogP contribution >= 0.6 is 11.6 Å². The highest BCUT2D eigenvalue weighted by molar-refractivity contribution is 6.33. The van der Waals surface area contributed by atoms with E-state index in [1.54, 1.807) is 29.2 Å². The Bertz CT molecular complexity index is 779. The third kappa shape index (κ3) is 4.60. The van der Waals surface area contributed by atoms with Crippen LogP contribution in [-0.2, 0) is 4.79 Å². The number of halogens is 1. The second-order valence-corrected chi connectivity index (χ2v) is 6.56. The van der Waals surface area contributed by atoms with Crippen molar-refractivity contribution in [3.05, 3.63) is 63.7 Å². The predicted molar refractivity (Wildman–Crippen MR) is 102 cm³/mol. The second kappa shape index (κ2) is 8.17. The molecule has 1 N–H and O–H groups in total. The lowest BCUT2D eigenvalue weighted by atomic mass is 10.0. The molecular formula is C20H23ClN2O2. The fourth-order valence-corrected chi connectivity index (χ4v) is 3.27.